The lowest BCUT2D eigenvalue weighted by molar-refractivity contribution is 0.628. The van der Waals surface area contributed by atoms with E-state index in [0.29, 0.717) is 0 Å². The third-order valence-electron chi connectivity index (χ3n) is 2.85. The maximum atomic E-state index is 13.0. The third-order valence-corrected chi connectivity index (χ3v) is 3.66. The van der Waals surface area contributed by atoms with Crippen molar-refractivity contribution in [3.05, 3.63) is 41.5 Å². The molecule has 4 nitrogen and oxygen atoms in total. The Morgan fingerprint density at radius 2 is 1.89 bits per heavy atom. The average molecular weight is 274 g/mol. The van der Waals surface area contributed by atoms with Crippen LogP contribution in [0.2, 0.25) is 0 Å². The minimum absolute atomic E-state index is 0.235. The van der Waals surface area contributed by atoms with E-state index in [0.717, 1.165) is 21.7 Å². The van der Waals surface area contributed by atoms with Crippen molar-refractivity contribution in [3.63, 3.8) is 0 Å². The van der Waals surface area contributed by atoms with Crippen LogP contribution >= 0.6 is 11.3 Å². The van der Waals surface area contributed by atoms with Gasteiger partial charge in [0.15, 0.2) is 0 Å². The molecule has 0 fully saturated rings. The Morgan fingerprint density at radius 3 is 2.63 bits per heavy atom. The van der Waals surface area contributed by atoms with Crippen molar-refractivity contribution in [1.82, 2.24) is 9.97 Å². The van der Waals surface area contributed by atoms with Gasteiger partial charge in [-0.2, -0.15) is 4.98 Å². The van der Waals surface area contributed by atoms with Crippen LogP contribution < -0.4 is 10.6 Å². The number of halogens is 1. The fourth-order valence-electron chi connectivity index (χ4n) is 1.90. The first kappa shape index (κ1) is 11.9. The van der Waals surface area contributed by atoms with Gasteiger partial charge in [0.05, 0.1) is 5.39 Å². The van der Waals surface area contributed by atoms with E-state index in [1.165, 1.54) is 23.5 Å². The second-order valence-electron chi connectivity index (χ2n) is 4.08. The van der Waals surface area contributed by atoms with Gasteiger partial charge in [-0.3, -0.25) is 0 Å². The molecule has 0 amide bonds. The van der Waals surface area contributed by atoms with E-state index in [1.807, 2.05) is 23.4 Å². The number of nitrogens with two attached hydrogens (primary N) is 1. The molecule has 0 unspecified atom stereocenters. The largest absolute Gasteiger partial charge is 0.368 e. The van der Waals surface area contributed by atoms with Gasteiger partial charge in [0.2, 0.25) is 5.95 Å². The number of anilines is 3. The Labute approximate surface area is 113 Å². The number of thiophene rings is 1. The van der Waals surface area contributed by atoms with E-state index in [-0.39, 0.29) is 11.8 Å². The van der Waals surface area contributed by atoms with Crippen molar-refractivity contribution >= 4 is 39.0 Å². The molecule has 3 rings (SSSR count). The second-order valence-corrected chi connectivity index (χ2v) is 4.97. The second kappa shape index (κ2) is 4.47. The summed E-state index contributed by atoms with van der Waals surface area (Å²) in [6.45, 7) is 0. The number of nitrogens with zero attached hydrogens (tertiary/aromatic N) is 3. The molecule has 0 aliphatic rings. The minimum Gasteiger partial charge on any atom is -0.368 e. The van der Waals surface area contributed by atoms with Gasteiger partial charge in [-0.25, -0.2) is 9.37 Å². The quantitative estimate of drug-likeness (QED) is 0.779. The van der Waals surface area contributed by atoms with Crippen LogP contribution in [0.5, 0.6) is 0 Å². The van der Waals surface area contributed by atoms with E-state index in [2.05, 4.69) is 9.97 Å². The zero-order valence-electron chi connectivity index (χ0n) is 10.2. The number of nitrogen functional groups attached to an aromatic ring is 1. The van der Waals surface area contributed by atoms with Crippen LogP contribution in [0.4, 0.5) is 21.8 Å². The topological polar surface area (TPSA) is 55.0 Å². The Balaban J connectivity index is 2.12. The lowest BCUT2D eigenvalue weighted by Gasteiger charge is -2.19. The van der Waals surface area contributed by atoms with Crippen molar-refractivity contribution < 1.29 is 4.39 Å². The summed E-state index contributed by atoms with van der Waals surface area (Å²) >= 11 is 1.51. The molecule has 0 aliphatic heterocycles. The highest BCUT2D eigenvalue weighted by atomic mass is 32.1. The number of hydrogen-bond donors (Lipinski definition) is 1. The van der Waals surface area contributed by atoms with Gasteiger partial charge in [-0.05, 0) is 35.7 Å². The molecular weight excluding hydrogens is 263 g/mol. The summed E-state index contributed by atoms with van der Waals surface area (Å²) in [5.41, 5.74) is 6.56. The summed E-state index contributed by atoms with van der Waals surface area (Å²) in [5, 5.41) is 2.88. The lowest BCUT2D eigenvalue weighted by atomic mass is 10.2. The summed E-state index contributed by atoms with van der Waals surface area (Å²) in [7, 11) is 1.87. The number of fused-ring (bicyclic) bond motifs is 1. The standard InChI is InChI=1S/C13H11FN4S/c1-18(9-4-2-8(14)3-5-9)11-10-6-7-19-12(10)17-13(15)16-11/h2-7H,1H3,(H2,15,16,17). The van der Waals surface area contributed by atoms with Gasteiger partial charge >= 0.3 is 0 Å². The monoisotopic (exact) mass is 274 g/mol. The van der Waals surface area contributed by atoms with E-state index >= 15 is 0 Å². The van der Waals surface area contributed by atoms with Crippen molar-refractivity contribution in [2.75, 3.05) is 17.7 Å². The first-order valence-electron chi connectivity index (χ1n) is 5.65. The summed E-state index contributed by atoms with van der Waals surface area (Å²) in [6.07, 6.45) is 0. The molecule has 0 aliphatic carbocycles. The number of benzene rings is 1. The molecule has 0 bridgehead atoms. The van der Waals surface area contributed by atoms with Crippen molar-refractivity contribution in [1.29, 1.82) is 0 Å². The summed E-state index contributed by atoms with van der Waals surface area (Å²) < 4.78 is 13.0. The lowest BCUT2D eigenvalue weighted by Crippen LogP contribution is -2.13. The highest BCUT2D eigenvalue weighted by molar-refractivity contribution is 7.16. The Hall–Kier alpha value is -2.21. The van der Waals surface area contributed by atoms with Crippen molar-refractivity contribution in [2.45, 2.75) is 0 Å². The van der Waals surface area contributed by atoms with Crippen LogP contribution in [0.15, 0.2) is 35.7 Å². The zero-order valence-corrected chi connectivity index (χ0v) is 11.0. The average Bonchev–Trinajstić information content (AvgIpc) is 2.85. The van der Waals surface area contributed by atoms with Gasteiger partial charge in [0.1, 0.15) is 16.5 Å². The van der Waals surface area contributed by atoms with Gasteiger partial charge in [-0.1, -0.05) is 0 Å². The predicted octanol–water partition coefficient (Wildman–Crippen LogP) is 3.18. The van der Waals surface area contributed by atoms with E-state index in [4.69, 9.17) is 5.73 Å². The molecule has 6 heteroatoms. The Kier molecular flexibility index (Phi) is 2.79. The van der Waals surface area contributed by atoms with Gasteiger partial charge in [0, 0.05) is 12.7 Å². The normalized spacial score (nSPS) is 10.8. The van der Waals surface area contributed by atoms with Gasteiger partial charge in [0.25, 0.3) is 0 Å². The summed E-state index contributed by atoms with van der Waals surface area (Å²) in [4.78, 5) is 11.2. The fourth-order valence-corrected chi connectivity index (χ4v) is 2.66. The molecule has 0 saturated heterocycles. The Bertz CT molecular complexity index is 723. The van der Waals surface area contributed by atoms with Crippen LogP contribution in [0.3, 0.4) is 0 Å². The first-order chi connectivity index (χ1) is 9.15. The molecule has 2 aromatic heterocycles. The maximum Gasteiger partial charge on any atom is 0.223 e. The van der Waals surface area contributed by atoms with Crippen molar-refractivity contribution in [3.8, 4) is 0 Å². The van der Waals surface area contributed by atoms with Gasteiger partial charge in [-0.15, -0.1) is 11.3 Å². The maximum absolute atomic E-state index is 13.0. The molecule has 0 spiro atoms. The van der Waals surface area contributed by atoms with Crippen LogP contribution in [0.1, 0.15) is 0 Å². The summed E-state index contributed by atoms with van der Waals surface area (Å²) in [5.74, 6) is 0.689. The molecule has 2 heterocycles. The number of hydrogen-bond acceptors (Lipinski definition) is 5. The molecule has 1 aromatic carbocycles. The molecular formula is C13H11FN4S. The predicted molar refractivity (Wildman–Crippen MR) is 76.3 cm³/mol. The summed E-state index contributed by atoms with van der Waals surface area (Å²) in [6, 6.07) is 8.19. The van der Waals surface area contributed by atoms with Crippen LogP contribution in [-0.2, 0) is 0 Å². The molecule has 0 atom stereocenters. The SMILES string of the molecule is CN(c1ccc(F)cc1)c1nc(N)nc2sccc12. The molecule has 96 valence electrons. The van der Waals surface area contributed by atoms with Crippen LogP contribution in [0.25, 0.3) is 10.2 Å². The van der Waals surface area contributed by atoms with E-state index in [9.17, 15) is 4.39 Å². The molecule has 3 aromatic rings. The van der Waals surface area contributed by atoms with Gasteiger partial charge < -0.3 is 10.6 Å². The molecule has 0 radical (unpaired) electrons. The highest BCUT2D eigenvalue weighted by Crippen LogP contribution is 2.31. The van der Waals surface area contributed by atoms with Crippen LogP contribution in [0, 0.1) is 5.82 Å². The van der Waals surface area contributed by atoms with Crippen LogP contribution in [-0.4, -0.2) is 17.0 Å². The smallest absolute Gasteiger partial charge is 0.223 e. The minimum atomic E-state index is -0.264. The van der Waals surface area contributed by atoms with E-state index < -0.39 is 0 Å². The number of rotatable bonds is 2. The number of aromatic nitrogens is 2. The first-order valence-corrected chi connectivity index (χ1v) is 6.53. The molecule has 0 saturated carbocycles. The molecule has 19 heavy (non-hydrogen) atoms. The Morgan fingerprint density at radius 1 is 1.16 bits per heavy atom. The third kappa shape index (κ3) is 2.10. The van der Waals surface area contributed by atoms with Crippen molar-refractivity contribution in [2.24, 2.45) is 0 Å². The van der Waals surface area contributed by atoms with E-state index in [1.54, 1.807) is 12.1 Å². The zero-order chi connectivity index (χ0) is 13.4. The highest BCUT2D eigenvalue weighted by Gasteiger charge is 2.13. The molecule has 2 N–H and O–H groups in total. The fraction of sp³-hybridized carbons (Fsp3) is 0.0769.